The summed E-state index contributed by atoms with van der Waals surface area (Å²) in [6, 6.07) is 11.1. The fourth-order valence-corrected chi connectivity index (χ4v) is 2.43. The molecule has 1 aromatic carbocycles. The van der Waals surface area contributed by atoms with E-state index in [-0.39, 0.29) is 17.3 Å². The fourth-order valence-electron chi connectivity index (χ4n) is 2.43. The van der Waals surface area contributed by atoms with Crippen molar-refractivity contribution >= 4 is 27.8 Å². The Kier molecular flexibility index (Phi) is 2.15. The summed E-state index contributed by atoms with van der Waals surface area (Å²) in [6.45, 7) is 2.04. The number of hydrogen-bond acceptors (Lipinski definition) is 3. The molecule has 0 aliphatic carbocycles. The maximum atomic E-state index is 12.2. The molecule has 0 spiro atoms. The summed E-state index contributed by atoms with van der Waals surface area (Å²) in [5.41, 5.74) is 3.71. The average Bonchev–Trinajstić information content (AvgIpc) is 3.12. The molecule has 20 heavy (non-hydrogen) atoms. The first-order valence-corrected chi connectivity index (χ1v) is 6.32. The van der Waals surface area contributed by atoms with Crippen molar-refractivity contribution < 1.29 is 13.6 Å². The molecule has 0 saturated carbocycles. The average molecular weight is 265 g/mol. The van der Waals surface area contributed by atoms with Crippen molar-refractivity contribution in [2.75, 3.05) is 0 Å². The van der Waals surface area contributed by atoms with Gasteiger partial charge < -0.3 is 13.8 Å². The van der Waals surface area contributed by atoms with Crippen LogP contribution in [-0.2, 0) is 0 Å². The van der Waals surface area contributed by atoms with E-state index in [1.165, 1.54) is 11.8 Å². The molecule has 0 saturated heterocycles. The quantitative estimate of drug-likeness (QED) is 0.556. The molecule has 0 aliphatic heterocycles. The van der Waals surface area contributed by atoms with Crippen LogP contribution in [0.25, 0.3) is 22.0 Å². The smallest absolute Gasteiger partial charge is 0.263 e. The molecule has 4 rings (SSSR count). The van der Waals surface area contributed by atoms with Crippen LogP contribution in [0.4, 0.5) is 0 Å². The van der Waals surface area contributed by atoms with Crippen LogP contribution in [0.3, 0.4) is 0 Å². The number of aromatic amines is 1. The van der Waals surface area contributed by atoms with Crippen LogP contribution >= 0.6 is 0 Å². The Hall–Kier alpha value is -2.75. The number of rotatable bonds is 2. The molecule has 0 fully saturated rings. The number of H-pyrrole nitrogens is 1. The van der Waals surface area contributed by atoms with Crippen LogP contribution in [0.15, 0.2) is 51.5 Å². The summed E-state index contributed by atoms with van der Waals surface area (Å²) in [4.78, 5) is 15.4. The Morgan fingerprint density at radius 3 is 2.80 bits per heavy atom. The minimum Gasteiger partial charge on any atom is -0.461 e. The first-order chi connectivity index (χ1) is 9.72. The van der Waals surface area contributed by atoms with Crippen molar-refractivity contribution in [3.63, 3.8) is 0 Å². The van der Waals surface area contributed by atoms with Crippen molar-refractivity contribution in [3.05, 3.63) is 59.7 Å². The Balaban J connectivity index is 1.89. The van der Waals surface area contributed by atoms with Crippen LogP contribution in [0, 0.1) is 6.92 Å². The predicted molar refractivity (Wildman–Crippen MR) is 74.9 cm³/mol. The summed E-state index contributed by atoms with van der Waals surface area (Å²) >= 11 is 0. The number of aryl methyl sites for hydroxylation is 1. The van der Waals surface area contributed by atoms with E-state index < -0.39 is 0 Å². The van der Waals surface area contributed by atoms with E-state index in [0.29, 0.717) is 5.58 Å². The van der Waals surface area contributed by atoms with Crippen LogP contribution in [0.5, 0.6) is 0 Å². The van der Waals surface area contributed by atoms with Gasteiger partial charge >= 0.3 is 0 Å². The fraction of sp³-hybridized carbons (Fsp3) is 0.0625. The molecule has 0 unspecified atom stereocenters. The van der Waals surface area contributed by atoms with E-state index in [4.69, 9.17) is 8.83 Å². The zero-order chi connectivity index (χ0) is 13.7. The zero-order valence-electron chi connectivity index (χ0n) is 10.8. The van der Waals surface area contributed by atoms with Gasteiger partial charge in [-0.25, -0.2) is 0 Å². The molecule has 4 heteroatoms. The lowest BCUT2D eigenvalue weighted by Gasteiger charge is -1.94. The number of hydrogen-bond donors (Lipinski definition) is 1. The maximum absolute atomic E-state index is 12.2. The van der Waals surface area contributed by atoms with E-state index in [0.717, 1.165) is 16.4 Å². The number of carbonyl (C=O) groups is 1. The third-order valence-corrected chi connectivity index (χ3v) is 3.39. The molecule has 98 valence electrons. The molecule has 0 aliphatic rings. The molecule has 4 aromatic rings. The Bertz CT molecular complexity index is 926. The summed E-state index contributed by atoms with van der Waals surface area (Å²) in [5, 5.41) is 0.976. The molecular formula is C16H11NO3. The van der Waals surface area contributed by atoms with Crippen LogP contribution in [-0.4, -0.2) is 10.8 Å². The minimum absolute atomic E-state index is 0.250. The topological polar surface area (TPSA) is 59.1 Å². The minimum atomic E-state index is -0.250. The van der Waals surface area contributed by atoms with E-state index in [1.807, 2.05) is 19.1 Å². The monoisotopic (exact) mass is 265 g/mol. The second kappa shape index (κ2) is 3.87. The van der Waals surface area contributed by atoms with E-state index in [1.54, 1.807) is 18.2 Å². The Morgan fingerprint density at radius 2 is 2.00 bits per heavy atom. The van der Waals surface area contributed by atoms with Gasteiger partial charge in [-0.05, 0) is 36.8 Å². The van der Waals surface area contributed by atoms with Crippen LogP contribution in [0.2, 0.25) is 0 Å². The molecule has 0 bridgehead atoms. The summed E-state index contributed by atoms with van der Waals surface area (Å²) in [5.74, 6) is 0.310. The van der Waals surface area contributed by atoms with E-state index >= 15 is 0 Å². The van der Waals surface area contributed by atoms with Gasteiger partial charge in [-0.15, -0.1) is 0 Å². The number of nitrogens with one attached hydrogen (secondary N) is 1. The number of benzene rings is 1. The highest BCUT2D eigenvalue weighted by Gasteiger charge is 2.19. The maximum Gasteiger partial charge on any atom is 0.263 e. The van der Waals surface area contributed by atoms with Crippen molar-refractivity contribution in [3.8, 4) is 0 Å². The summed E-state index contributed by atoms with van der Waals surface area (Å²) in [7, 11) is 0. The van der Waals surface area contributed by atoms with Gasteiger partial charge in [-0.3, -0.25) is 4.79 Å². The van der Waals surface area contributed by atoms with Gasteiger partial charge in [-0.2, -0.15) is 0 Å². The van der Waals surface area contributed by atoms with Gasteiger partial charge in [0.1, 0.15) is 0 Å². The standard InChI is InChI=1S/C16H11NO3/c1-9-4-5-10-11(7-9)17-12-8-14(20-16(10)12)15(18)13-3-2-6-19-13/h2-8,17H,1H3. The van der Waals surface area contributed by atoms with Gasteiger partial charge in [0.25, 0.3) is 5.78 Å². The van der Waals surface area contributed by atoms with Crippen LogP contribution in [0.1, 0.15) is 21.9 Å². The number of carbonyl (C=O) groups excluding carboxylic acids is 1. The number of furan rings is 2. The first-order valence-electron chi connectivity index (χ1n) is 6.32. The largest absolute Gasteiger partial charge is 0.461 e. The Morgan fingerprint density at radius 1 is 1.10 bits per heavy atom. The highest BCUT2D eigenvalue weighted by atomic mass is 16.4. The highest BCUT2D eigenvalue weighted by Crippen LogP contribution is 2.29. The van der Waals surface area contributed by atoms with Crippen molar-refractivity contribution in [1.82, 2.24) is 4.98 Å². The van der Waals surface area contributed by atoms with E-state index in [9.17, 15) is 4.79 Å². The summed E-state index contributed by atoms with van der Waals surface area (Å²) < 4.78 is 10.8. The molecule has 3 heterocycles. The van der Waals surface area contributed by atoms with E-state index in [2.05, 4.69) is 11.1 Å². The van der Waals surface area contributed by atoms with Gasteiger partial charge in [0.2, 0.25) is 0 Å². The van der Waals surface area contributed by atoms with Crippen molar-refractivity contribution in [2.24, 2.45) is 0 Å². The second-order valence-electron chi connectivity index (χ2n) is 4.83. The number of fused-ring (bicyclic) bond motifs is 3. The molecule has 3 aromatic heterocycles. The highest BCUT2D eigenvalue weighted by molar-refractivity contribution is 6.10. The van der Waals surface area contributed by atoms with Gasteiger partial charge in [0.05, 0.1) is 11.8 Å². The van der Waals surface area contributed by atoms with Crippen LogP contribution < -0.4 is 0 Å². The van der Waals surface area contributed by atoms with Crippen molar-refractivity contribution in [2.45, 2.75) is 6.92 Å². The molecular weight excluding hydrogens is 254 g/mol. The molecule has 0 amide bonds. The second-order valence-corrected chi connectivity index (χ2v) is 4.83. The van der Waals surface area contributed by atoms with Gasteiger partial charge in [0.15, 0.2) is 17.1 Å². The first kappa shape index (κ1) is 11.1. The predicted octanol–water partition coefficient (Wildman–Crippen LogP) is 4.05. The number of ketones is 1. The lowest BCUT2D eigenvalue weighted by Crippen LogP contribution is -1.96. The van der Waals surface area contributed by atoms with Crippen molar-refractivity contribution in [1.29, 1.82) is 0 Å². The molecule has 4 nitrogen and oxygen atoms in total. The van der Waals surface area contributed by atoms with Gasteiger partial charge in [-0.1, -0.05) is 6.07 Å². The lowest BCUT2D eigenvalue weighted by atomic mass is 10.2. The molecule has 0 radical (unpaired) electrons. The third-order valence-electron chi connectivity index (χ3n) is 3.39. The Labute approximate surface area is 114 Å². The zero-order valence-corrected chi connectivity index (χ0v) is 10.8. The summed E-state index contributed by atoms with van der Waals surface area (Å²) in [6.07, 6.45) is 1.47. The normalized spacial score (nSPS) is 11.4. The lowest BCUT2D eigenvalue weighted by molar-refractivity contribution is 0.0985. The third kappa shape index (κ3) is 1.51. The van der Waals surface area contributed by atoms with Gasteiger partial charge in [0, 0.05) is 17.0 Å². The SMILES string of the molecule is Cc1ccc2c(c1)[nH]c1cc(C(=O)c3ccco3)oc12. The molecule has 0 atom stereocenters. The molecule has 1 N–H and O–H groups in total. The number of aromatic nitrogens is 1.